The van der Waals surface area contributed by atoms with E-state index in [9.17, 15) is 14.9 Å². The van der Waals surface area contributed by atoms with Crippen LogP contribution in [-0.2, 0) is 13.6 Å². The van der Waals surface area contributed by atoms with Crippen LogP contribution in [0.1, 0.15) is 28.8 Å². The van der Waals surface area contributed by atoms with Crippen molar-refractivity contribution < 1.29 is 9.72 Å². The maximum Gasteiger partial charge on any atom is 0.293 e. The van der Waals surface area contributed by atoms with Crippen molar-refractivity contribution in [2.45, 2.75) is 25.4 Å². The molecule has 2 N–H and O–H groups in total. The summed E-state index contributed by atoms with van der Waals surface area (Å²) in [5, 5.41) is 21.7. The Balaban J connectivity index is 1.50. The van der Waals surface area contributed by atoms with Gasteiger partial charge in [-0.3, -0.25) is 19.6 Å². The molecule has 0 radical (unpaired) electrons. The number of carbonyl (C=O) groups is 1. The lowest BCUT2D eigenvalue weighted by Gasteiger charge is -2.10. The smallest absolute Gasteiger partial charge is 0.293 e. The second-order valence-electron chi connectivity index (χ2n) is 7.19. The molecule has 4 rings (SSSR count). The summed E-state index contributed by atoms with van der Waals surface area (Å²) in [5.41, 5.74) is 3.58. The van der Waals surface area contributed by atoms with Gasteiger partial charge in [0.05, 0.1) is 11.1 Å². The van der Waals surface area contributed by atoms with Crippen molar-refractivity contribution in [3.8, 4) is 11.1 Å². The van der Waals surface area contributed by atoms with Gasteiger partial charge in [0.2, 0.25) is 0 Å². The molecule has 3 aromatic rings. The highest BCUT2D eigenvalue weighted by atomic mass is 16.6. The normalized spacial score (nSPS) is 13.1. The van der Waals surface area contributed by atoms with E-state index >= 15 is 0 Å². The predicted molar refractivity (Wildman–Crippen MR) is 110 cm³/mol. The lowest BCUT2D eigenvalue weighted by molar-refractivity contribution is -0.384. The molecule has 2 aromatic carbocycles. The summed E-state index contributed by atoms with van der Waals surface area (Å²) >= 11 is 0. The Hall–Kier alpha value is -3.68. The molecule has 0 atom stereocenters. The number of aryl methyl sites for hydroxylation is 1. The molecule has 8 nitrogen and oxygen atoms in total. The number of nitro benzene ring substituents is 1. The minimum Gasteiger partial charge on any atom is -0.375 e. The monoisotopic (exact) mass is 391 g/mol. The van der Waals surface area contributed by atoms with Gasteiger partial charge in [-0.05, 0) is 42.2 Å². The van der Waals surface area contributed by atoms with Crippen LogP contribution in [0.5, 0.6) is 0 Å². The fourth-order valence-corrected chi connectivity index (χ4v) is 3.10. The number of benzene rings is 2. The van der Waals surface area contributed by atoms with Gasteiger partial charge in [-0.15, -0.1) is 0 Å². The number of nitrogens with zero attached hydrogens (tertiary/aromatic N) is 3. The fourth-order valence-electron chi connectivity index (χ4n) is 3.10. The molecule has 1 aromatic heterocycles. The number of hydrogen-bond acceptors (Lipinski definition) is 5. The average Bonchev–Trinajstić information content (AvgIpc) is 3.43. The fraction of sp³-hybridized carbons (Fsp3) is 0.238. The molecule has 0 aliphatic heterocycles. The first-order valence-electron chi connectivity index (χ1n) is 9.41. The molecular weight excluding hydrogens is 370 g/mol. The summed E-state index contributed by atoms with van der Waals surface area (Å²) in [5.74, 6) is -0.272. The molecule has 1 fully saturated rings. The molecule has 0 spiro atoms. The van der Waals surface area contributed by atoms with Gasteiger partial charge in [-0.1, -0.05) is 18.2 Å². The number of nitrogens with one attached hydrogen (secondary N) is 2. The minimum atomic E-state index is -0.470. The Morgan fingerprint density at radius 1 is 1.24 bits per heavy atom. The van der Waals surface area contributed by atoms with E-state index in [2.05, 4.69) is 15.7 Å². The Labute approximate surface area is 167 Å². The first-order valence-corrected chi connectivity index (χ1v) is 9.41. The van der Waals surface area contributed by atoms with Crippen molar-refractivity contribution in [2.75, 3.05) is 5.32 Å². The molecule has 0 bridgehead atoms. The quantitative estimate of drug-likeness (QED) is 0.474. The number of aromatic nitrogens is 2. The van der Waals surface area contributed by atoms with Gasteiger partial charge >= 0.3 is 0 Å². The molecule has 1 aliphatic carbocycles. The molecular formula is C21H21N5O3. The summed E-state index contributed by atoms with van der Waals surface area (Å²) in [6.07, 6.45) is 5.66. The number of rotatable bonds is 7. The van der Waals surface area contributed by atoms with Crippen LogP contribution in [0.2, 0.25) is 0 Å². The molecule has 0 unspecified atom stereocenters. The van der Waals surface area contributed by atoms with Crippen LogP contribution >= 0.6 is 0 Å². The summed E-state index contributed by atoms with van der Waals surface area (Å²) < 4.78 is 1.74. The third-order valence-corrected chi connectivity index (χ3v) is 4.82. The molecule has 1 aliphatic rings. The van der Waals surface area contributed by atoms with Gasteiger partial charge in [0, 0.05) is 43.0 Å². The summed E-state index contributed by atoms with van der Waals surface area (Å²) in [6.45, 7) is 0.419. The van der Waals surface area contributed by atoms with Gasteiger partial charge in [0.1, 0.15) is 5.69 Å². The van der Waals surface area contributed by atoms with Crippen molar-refractivity contribution in [1.82, 2.24) is 15.1 Å². The Morgan fingerprint density at radius 2 is 2.07 bits per heavy atom. The Kier molecular flexibility index (Phi) is 4.99. The van der Waals surface area contributed by atoms with Gasteiger partial charge < -0.3 is 10.6 Å². The van der Waals surface area contributed by atoms with E-state index < -0.39 is 4.92 Å². The van der Waals surface area contributed by atoms with Gasteiger partial charge in [-0.25, -0.2) is 0 Å². The molecule has 148 valence electrons. The van der Waals surface area contributed by atoms with E-state index in [1.807, 2.05) is 37.5 Å². The SMILES string of the molecule is Cn1cc(-c2cccc(CNc3ccc(C(=O)NC4CC4)cc3[N+](=O)[O-])c2)cn1. The van der Waals surface area contributed by atoms with Crippen LogP contribution in [0.15, 0.2) is 54.9 Å². The zero-order chi connectivity index (χ0) is 20.4. The summed E-state index contributed by atoms with van der Waals surface area (Å²) in [7, 11) is 1.86. The largest absolute Gasteiger partial charge is 0.375 e. The first-order chi connectivity index (χ1) is 14.0. The minimum absolute atomic E-state index is 0.114. The van der Waals surface area contributed by atoms with Crippen LogP contribution in [0, 0.1) is 10.1 Å². The predicted octanol–water partition coefficient (Wildman–Crippen LogP) is 3.50. The molecule has 29 heavy (non-hydrogen) atoms. The van der Waals surface area contributed by atoms with Crippen molar-refractivity contribution in [3.05, 3.63) is 76.1 Å². The van der Waals surface area contributed by atoms with E-state index in [0.29, 0.717) is 17.8 Å². The second kappa shape index (κ2) is 7.75. The van der Waals surface area contributed by atoms with Crippen molar-refractivity contribution in [2.24, 2.45) is 7.05 Å². The van der Waals surface area contributed by atoms with Crippen LogP contribution in [0.25, 0.3) is 11.1 Å². The van der Waals surface area contributed by atoms with Crippen LogP contribution in [0.3, 0.4) is 0 Å². The van der Waals surface area contributed by atoms with Gasteiger partial charge in [0.25, 0.3) is 11.6 Å². The lowest BCUT2D eigenvalue weighted by atomic mass is 10.1. The standard InChI is InChI=1S/C21H21N5O3/c1-25-13-17(12-23-25)15-4-2-3-14(9-15)11-22-19-8-5-16(10-20(19)26(28)29)21(27)24-18-6-7-18/h2-5,8-10,12-13,18,22H,6-7,11H2,1H3,(H,24,27). The maximum atomic E-state index is 12.2. The molecule has 8 heteroatoms. The van der Waals surface area contributed by atoms with Crippen molar-refractivity contribution >= 4 is 17.3 Å². The highest BCUT2D eigenvalue weighted by Gasteiger charge is 2.25. The van der Waals surface area contributed by atoms with E-state index in [4.69, 9.17) is 0 Å². The number of nitro groups is 1. The first kappa shape index (κ1) is 18.7. The van der Waals surface area contributed by atoms with Crippen molar-refractivity contribution in [1.29, 1.82) is 0 Å². The third kappa shape index (κ3) is 4.43. The van der Waals surface area contributed by atoms with Gasteiger partial charge in [0.15, 0.2) is 0 Å². The highest BCUT2D eigenvalue weighted by Crippen LogP contribution is 2.28. The van der Waals surface area contributed by atoms with Crippen molar-refractivity contribution in [3.63, 3.8) is 0 Å². The van der Waals surface area contributed by atoms with Gasteiger partial charge in [-0.2, -0.15) is 5.10 Å². The summed E-state index contributed by atoms with van der Waals surface area (Å²) in [4.78, 5) is 23.2. The Morgan fingerprint density at radius 3 is 2.76 bits per heavy atom. The lowest BCUT2D eigenvalue weighted by Crippen LogP contribution is -2.25. The maximum absolute atomic E-state index is 12.2. The third-order valence-electron chi connectivity index (χ3n) is 4.82. The number of carbonyl (C=O) groups excluding carboxylic acids is 1. The van der Waals surface area contributed by atoms with E-state index in [-0.39, 0.29) is 17.6 Å². The van der Waals surface area contributed by atoms with E-state index in [1.165, 1.54) is 6.07 Å². The number of hydrogen-bond donors (Lipinski definition) is 2. The average molecular weight is 391 g/mol. The molecule has 1 heterocycles. The zero-order valence-electron chi connectivity index (χ0n) is 16.0. The number of amides is 1. The highest BCUT2D eigenvalue weighted by molar-refractivity contribution is 5.96. The van der Waals surface area contributed by atoms with Crippen LogP contribution < -0.4 is 10.6 Å². The second-order valence-corrected chi connectivity index (χ2v) is 7.19. The van der Waals surface area contributed by atoms with Crippen LogP contribution in [0.4, 0.5) is 11.4 Å². The molecule has 0 saturated heterocycles. The topological polar surface area (TPSA) is 102 Å². The van der Waals surface area contributed by atoms with E-state index in [0.717, 1.165) is 29.5 Å². The zero-order valence-corrected chi connectivity index (χ0v) is 16.0. The Bertz CT molecular complexity index is 1070. The number of anilines is 1. The van der Waals surface area contributed by atoms with E-state index in [1.54, 1.807) is 23.0 Å². The van der Waals surface area contributed by atoms with Crippen LogP contribution in [-0.4, -0.2) is 26.7 Å². The molecule has 1 saturated carbocycles. The molecule has 1 amide bonds. The summed E-state index contributed by atoms with van der Waals surface area (Å²) in [6, 6.07) is 12.6.